The van der Waals surface area contributed by atoms with Crippen molar-refractivity contribution in [3.8, 4) is 0 Å². The topological polar surface area (TPSA) is 18.5 Å². The zero-order valence-electron chi connectivity index (χ0n) is 8.34. The number of thioether (sulfide) groups is 1. The maximum atomic E-state index is 5.07. The van der Waals surface area contributed by atoms with Crippen LogP contribution in [0.25, 0.3) is 0 Å². The third-order valence-electron chi connectivity index (χ3n) is 1.67. The van der Waals surface area contributed by atoms with Crippen LogP contribution in [0, 0.1) is 0 Å². The molecular weight excluding hydrogens is 172 g/mol. The van der Waals surface area contributed by atoms with Crippen molar-refractivity contribution in [2.24, 2.45) is 0 Å². The van der Waals surface area contributed by atoms with Gasteiger partial charge in [-0.2, -0.15) is 11.8 Å². The first-order valence-corrected chi connectivity index (χ1v) is 5.64. The van der Waals surface area contributed by atoms with Gasteiger partial charge in [0.15, 0.2) is 6.29 Å². The van der Waals surface area contributed by atoms with Crippen LogP contribution in [-0.4, -0.2) is 32.0 Å². The van der Waals surface area contributed by atoms with E-state index in [1.54, 1.807) is 14.2 Å². The fraction of sp³-hybridized carbons (Fsp3) is 1.00. The Hall–Kier alpha value is 0.270. The number of rotatable bonds is 8. The molecule has 2 nitrogen and oxygen atoms in total. The maximum Gasteiger partial charge on any atom is 0.157 e. The van der Waals surface area contributed by atoms with Crippen molar-refractivity contribution in [1.82, 2.24) is 0 Å². The lowest BCUT2D eigenvalue weighted by Gasteiger charge is -2.12. The third-order valence-corrected chi connectivity index (χ3v) is 2.77. The summed E-state index contributed by atoms with van der Waals surface area (Å²) in [4.78, 5) is 0. The van der Waals surface area contributed by atoms with Crippen LogP contribution < -0.4 is 0 Å². The van der Waals surface area contributed by atoms with Crippen molar-refractivity contribution < 1.29 is 9.47 Å². The van der Waals surface area contributed by atoms with E-state index < -0.39 is 0 Å². The zero-order chi connectivity index (χ0) is 9.23. The largest absolute Gasteiger partial charge is 0.356 e. The van der Waals surface area contributed by atoms with Gasteiger partial charge < -0.3 is 9.47 Å². The van der Waals surface area contributed by atoms with Gasteiger partial charge in [0.25, 0.3) is 0 Å². The summed E-state index contributed by atoms with van der Waals surface area (Å²) in [5, 5.41) is 0. The van der Waals surface area contributed by atoms with E-state index in [0.29, 0.717) is 0 Å². The second kappa shape index (κ2) is 9.36. The molecule has 0 aliphatic carbocycles. The van der Waals surface area contributed by atoms with Crippen LogP contribution in [0.2, 0.25) is 0 Å². The maximum absolute atomic E-state index is 5.07. The van der Waals surface area contributed by atoms with Crippen LogP contribution in [0.15, 0.2) is 0 Å². The monoisotopic (exact) mass is 192 g/mol. The highest BCUT2D eigenvalue weighted by Crippen LogP contribution is 2.09. The normalized spacial score (nSPS) is 11.0. The van der Waals surface area contributed by atoms with E-state index in [1.807, 2.05) is 11.8 Å². The molecule has 0 saturated carbocycles. The Bertz CT molecular complexity index is 84.6. The molecule has 74 valence electrons. The summed E-state index contributed by atoms with van der Waals surface area (Å²) in [6.45, 7) is 2.22. The number of methoxy groups -OCH3 is 2. The first-order valence-electron chi connectivity index (χ1n) is 4.48. The van der Waals surface area contributed by atoms with Crippen molar-refractivity contribution in [2.45, 2.75) is 32.5 Å². The predicted octanol–water partition coefficient (Wildman–Crippen LogP) is 2.53. The minimum Gasteiger partial charge on any atom is -0.356 e. The van der Waals surface area contributed by atoms with Crippen molar-refractivity contribution in [2.75, 3.05) is 25.7 Å². The lowest BCUT2D eigenvalue weighted by molar-refractivity contribution is -0.102. The van der Waals surface area contributed by atoms with Gasteiger partial charge in [0.2, 0.25) is 0 Å². The second-order valence-electron chi connectivity index (χ2n) is 2.66. The molecular formula is C9H20O2S. The molecule has 0 unspecified atom stereocenters. The molecule has 0 aromatic carbocycles. The second-order valence-corrected chi connectivity index (χ2v) is 3.88. The Morgan fingerprint density at radius 2 is 1.83 bits per heavy atom. The van der Waals surface area contributed by atoms with Gasteiger partial charge in [-0.3, -0.25) is 0 Å². The first-order chi connectivity index (χ1) is 5.85. The van der Waals surface area contributed by atoms with Gasteiger partial charge in [-0.05, 0) is 17.9 Å². The summed E-state index contributed by atoms with van der Waals surface area (Å²) < 4.78 is 10.1. The molecule has 0 N–H and O–H groups in total. The smallest absolute Gasteiger partial charge is 0.157 e. The quantitative estimate of drug-likeness (QED) is 0.435. The van der Waals surface area contributed by atoms with Crippen molar-refractivity contribution >= 4 is 11.8 Å². The van der Waals surface area contributed by atoms with Gasteiger partial charge in [0.1, 0.15) is 0 Å². The van der Waals surface area contributed by atoms with E-state index in [4.69, 9.17) is 9.47 Å². The van der Waals surface area contributed by atoms with Crippen LogP contribution in [-0.2, 0) is 9.47 Å². The Balaban J connectivity index is 3.06. The molecule has 0 aliphatic heterocycles. The molecule has 0 rings (SSSR count). The van der Waals surface area contributed by atoms with Gasteiger partial charge >= 0.3 is 0 Å². The van der Waals surface area contributed by atoms with Crippen molar-refractivity contribution in [3.63, 3.8) is 0 Å². The Kier molecular flexibility index (Phi) is 9.57. The van der Waals surface area contributed by atoms with Crippen LogP contribution >= 0.6 is 11.8 Å². The van der Waals surface area contributed by atoms with Crippen LogP contribution in [0.4, 0.5) is 0 Å². The summed E-state index contributed by atoms with van der Waals surface area (Å²) in [7, 11) is 3.37. The highest BCUT2D eigenvalue weighted by atomic mass is 32.2. The third kappa shape index (κ3) is 6.95. The van der Waals surface area contributed by atoms with E-state index >= 15 is 0 Å². The molecule has 0 amide bonds. The first kappa shape index (κ1) is 12.3. The van der Waals surface area contributed by atoms with Crippen LogP contribution in [0.5, 0.6) is 0 Å². The minimum absolute atomic E-state index is 0.0147. The molecule has 0 bridgehead atoms. The number of unbranched alkanes of at least 4 members (excludes halogenated alkanes) is 1. The SMILES string of the molecule is CCCCSCCC(OC)OC. The average Bonchev–Trinajstić information content (AvgIpc) is 2.11. The molecule has 0 aliphatic rings. The van der Waals surface area contributed by atoms with Gasteiger partial charge in [-0.15, -0.1) is 0 Å². The predicted molar refractivity (Wildman–Crippen MR) is 54.7 cm³/mol. The van der Waals surface area contributed by atoms with E-state index in [2.05, 4.69) is 6.92 Å². The number of hydrogen-bond donors (Lipinski definition) is 0. The molecule has 0 heterocycles. The summed E-state index contributed by atoms with van der Waals surface area (Å²) in [6.07, 6.45) is 3.57. The summed E-state index contributed by atoms with van der Waals surface area (Å²) >= 11 is 1.98. The van der Waals surface area contributed by atoms with E-state index in [-0.39, 0.29) is 6.29 Å². The molecule has 12 heavy (non-hydrogen) atoms. The molecule has 0 fully saturated rings. The van der Waals surface area contributed by atoms with Crippen molar-refractivity contribution in [1.29, 1.82) is 0 Å². The number of ether oxygens (including phenoxy) is 2. The Morgan fingerprint density at radius 1 is 1.17 bits per heavy atom. The minimum atomic E-state index is -0.0147. The number of hydrogen-bond acceptors (Lipinski definition) is 3. The highest BCUT2D eigenvalue weighted by molar-refractivity contribution is 7.99. The molecule has 3 heteroatoms. The fourth-order valence-electron chi connectivity index (χ4n) is 0.860. The van der Waals surface area contributed by atoms with Crippen LogP contribution in [0.1, 0.15) is 26.2 Å². The summed E-state index contributed by atoms with van der Waals surface area (Å²) in [6, 6.07) is 0. The van der Waals surface area contributed by atoms with E-state index in [9.17, 15) is 0 Å². The Morgan fingerprint density at radius 3 is 2.33 bits per heavy atom. The van der Waals surface area contributed by atoms with Gasteiger partial charge in [-0.1, -0.05) is 13.3 Å². The molecule has 0 spiro atoms. The molecule has 0 atom stereocenters. The lowest BCUT2D eigenvalue weighted by atomic mass is 10.4. The zero-order valence-corrected chi connectivity index (χ0v) is 9.15. The van der Waals surface area contributed by atoms with Crippen molar-refractivity contribution in [3.05, 3.63) is 0 Å². The standard InChI is InChI=1S/C9H20O2S/c1-4-5-7-12-8-6-9(10-2)11-3/h9H,4-8H2,1-3H3. The van der Waals surface area contributed by atoms with Gasteiger partial charge in [0.05, 0.1) is 0 Å². The summed E-state index contributed by atoms with van der Waals surface area (Å²) in [5.74, 6) is 2.39. The molecule has 0 radical (unpaired) electrons. The molecule has 0 aromatic rings. The highest BCUT2D eigenvalue weighted by Gasteiger charge is 2.03. The van der Waals surface area contributed by atoms with Gasteiger partial charge in [-0.25, -0.2) is 0 Å². The molecule has 0 aromatic heterocycles. The lowest BCUT2D eigenvalue weighted by Crippen LogP contribution is -2.13. The fourth-order valence-corrected chi connectivity index (χ4v) is 1.92. The average molecular weight is 192 g/mol. The van der Waals surface area contributed by atoms with E-state index in [0.717, 1.165) is 12.2 Å². The summed E-state index contributed by atoms with van der Waals surface area (Å²) in [5.41, 5.74) is 0. The van der Waals surface area contributed by atoms with Gasteiger partial charge in [0, 0.05) is 20.6 Å². The van der Waals surface area contributed by atoms with Crippen LogP contribution in [0.3, 0.4) is 0 Å². The molecule has 0 saturated heterocycles. The van der Waals surface area contributed by atoms with E-state index in [1.165, 1.54) is 18.6 Å². The Labute approximate surface area is 80.0 Å².